The molecule has 0 radical (unpaired) electrons. The Hall–Kier alpha value is -1.39. The lowest BCUT2D eigenvalue weighted by molar-refractivity contribution is -0.139. The minimum absolute atomic E-state index is 0.0381. The van der Waals surface area contributed by atoms with Crippen molar-refractivity contribution >= 4 is 5.97 Å². The van der Waals surface area contributed by atoms with Crippen LogP contribution in [-0.4, -0.2) is 25.8 Å². The van der Waals surface area contributed by atoms with Crippen molar-refractivity contribution in [1.82, 2.24) is 14.8 Å². The molecule has 0 atom stereocenters. The molecule has 5 heteroatoms. The number of carboxylic acids is 1. The largest absolute Gasteiger partial charge is 0.481 e. The fourth-order valence-corrected chi connectivity index (χ4v) is 0.972. The van der Waals surface area contributed by atoms with E-state index in [9.17, 15) is 4.79 Å². The van der Waals surface area contributed by atoms with Crippen LogP contribution in [0.5, 0.6) is 0 Å². The molecular formula is C7H11N3O2. The van der Waals surface area contributed by atoms with Gasteiger partial charge in [0.05, 0.1) is 12.0 Å². The van der Waals surface area contributed by atoms with Crippen molar-refractivity contribution in [1.29, 1.82) is 0 Å². The van der Waals surface area contributed by atoms with Gasteiger partial charge in [-0.15, -0.1) is 0 Å². The van der Waals surface area contributed by atoms with Crippen LogP contribution in [0.4, 0.5) is 0 Å². The second-order valence-corrected chi connectivity index (χ2v) is 3.22. The zero-order valence-corrected chi connectivity index (χ0v) is 7.06. The molecule has 66 valence electrons. The summed E-state index contributed by atoms with van der Waals surface area (Å²) in [4.78, 5) is 14.2. The van der Waals surface area contributed by atoms with Crippen molar-refractivity contribution in [2.75, 3.05) is 0 Å². The molecule has 1 aromatic rings. The minimum Gasteiger partial charge on any atom is -0.481 e. The van der Waals surface area contributed by atoms with E-state index in [-0.39, 0.29) is 6.42 Å². The maximum Gasteiger partial charge on any atom is 0.305 e. The Morgan fingerprint density at radius 1 is 1.67 bits per heavy atom. The maximum absolute atomic E-state index is 10.4. The summed E-state index contributed by atoms with van der Waals surface area (Å²) >= 11 is 0. The third-order valence-electron chi connectivity index (χ3n) is 1.62. The first kappa shape index (κ1) is 8.70. The van der Waals surface area contributed by atoms with E-state index in [1.807, 2.05) is 0 Å². The van der Waals surface area contributed by atoms with E-state index in [1.165, 1.54) is 12.7 Å². The number of hydrogen-bond acceptors (Lipinski definition) is 3. The summed E-state index contributed by atoms with van der Waals surface area (Å²) in [5.74, 6) is -0.837. The van der Waals surface area contributed by atoms with Gasteiger partial charge < -0.3 is 5.11 Å². The molecule has 0 spiro atoms. The molecule has 1 aromatic heterocycles. The number of carbonyl (C=O) groups is 1. The molecule has 12 heavy (non-hydrogen) atoms. The third-order valence-corrected chi connectivity index (χ3v) is 1.62. The average Bonchev–Trinajstić information content (AvgIpc) is 2.32. The zero-order valence-electron chi connectivity index (χ0n) is 7.06. The molecule has 0 aromatic carbocycles. The van der Waals surface area contributed by atoms with E-state index in [0.717, 1.165) is 0 Å². The van der Waals surface area contributed by atoms with Crippen LogP contribution in [0.15, 0.2) is 12.7 Å². The molecular weight excluding hydrogens is 158 g/mol. The second-order valence-electron chi connectivity index (χ2n) is 3.22. The summed E-state index contributed by atoms with van der Waals surface area (Å²) in [7, 11) is 0. The summed E-state index contributed by atoms with van der Waals surface area (Å²) in [6, 6.07) is 0. The van der Waals surface area contributed by atoms with Gasteiger partial charge in [-0.1, -0.05) is 0 Å². The molecule has 1 rings (SSSR count). The number of nitrogens with zero attached hydrogens (tertiary/aromatic N) is 3. The first-order chi connectivity index (χ1) is 5.52. The van der Waals surface area contributed by atoms with Crippen molar-refractivity contribution in [2.45, 2.75) is 25.8 Å². The van der Waals surface area contributed by atoms with Crippen molar-refractivity contribution in [3.05, 3.63) is 12.7 Å². The van der Waals surface area contributed by atoms with Gasteiger partial charge in [0.2, 0.25) is 0 Å². The Labute approximate surface area is 70.0 Å². The van der Waals surface area contributed by atoms with Crippen LogP contribution >= 0.6 is 0 Å². The fraction of sp³-hybridized carbons (Fsp3) is 0.571. The molecule has 5 nitrogen and oxygen atoms in total. The predicted molar refractivity (Wildman–Crippen MR) is 41.6 cm³/mol. The highest BCUT2D eigenvalue weighted by Gasteiger charge is 2.24. The Balaban J connectivity index is 2.79. The first-order valence-electron chi connectivity index (χ1n) is 3.59. The number of carboxylic acid groups (broad SMARTS) is 1. The van der Waals surface area contributed by atoms with Gasteiger partial charge in [0, 0.05) is 0 Å². The van der Waals surface area contributed by atoms with Crippen molar-refractivity contribution < 1.29 is 9.90 Å². The molecule has 0 aliphatic rings. The number of aromatic nitrogens is 3. The van der Waals surface area contributed by atoms with Crippen LogP contribution in [0.3, 0.4) is 0 Å². The lowest BCUT2D eigenvalue weighted by Crippen LogP contribution is -2.29. The number of rotatable bonds is 3. The van der Waals surface area contributed by atoms with Gasteiger partial charge in [-0.05, 0) is 13.8 Å². The zero-order chi connectivity index (χ0) is 9.19. The van der Waals surface area contributed by atoms with E-state index < -0.39 is 11.5 Å². The fourth-order valence-electron chi connectivity index (χ4n) is 0.972. The highest BCUT2D eigenvalue weighted by molar-refractivity contribution is 5.67. The minimum atomic E-state index is -0.837. The van der Waals surface area contributed by atoms with E-state index in [2.05, 4.69) is 10.1 Å². The van der Waals surface area contributed by atoms with E-state index in [0.29, 0.717) is 0 Å². The van der Waals surface area contributed by atoms with E-state index in [4.69, 9.17) is 5.11 Å². The van der Waals surface area contributed by atoms with Gasteiger partial charge in [0.1, 0.15) is 12.7 Å². The van der Waals surface area contributed by atoms with Crippen LogP contribution in [0.1, 0.15) is 20.3 Å². The van der Waals surface area contributed by atoms with Crippen LogP contribution in [-0.2, 0) is 10.3 Å². The first-order valence-corrected chi connectivity index (χ1v) is 3.59. The molecule has 0 amide bonds. The van der Waals surface area contributed by atoms with E-state index >= 15 is 0 Å². The molecule has 1 N–H and O–H groups in total. The maximum atomic E-state index is 10.4. The van der Waals surface area contributed by atoms with Gasteiger partial charge in [0.25, 0.3) is 0 Å². The number of aliphatic carboxylic acids is 1. The van der Waals surface area contributed by atoms with Gasteiger partial charge in [-0.3, -0.25) is 4.79 Å². The van der Waals surface area contributed by atoms with Crippen LogP contribution in [0, 0.1) is 0 Å². The summed E-state index contributed by atoms with van der Waals surface area (Å²) in [6.07, 6.45) is 2.95. The van der Waals surface area contributed by atoms with Crippen LogP contribution in [0.25, 0.3) is 0 Å². The van der Waals surface area contributed by atoms with Crippen molar-refractivity contribution in [3.8, 4) is 0 Å². The molecule has 0 aliphatic carbocycles. The lowest BCUT2D eigenvalue weighted by atomic mass is 10.0. The SMILES string of the molecule is CC(C)(CC(=O)O)n1cncn1. The van der Waals surface area contributed by atoms with Crippen LogP contribution in [0.2, 0.25) is 0 Å². The molecule has 0 saturated carbocycles. The molecule has 0 unspecified atom stereocenters. The third kappa shape index (κ3) is 1.81. The highest BCUT2D eigenvalue weighted by atomic mass is 16.4. The molecule has 0 fully saturated rings. The number of hydrogen-bond donors (Lipinski definition) is 1. The topological polar surface area (TPSA) is 68.0 Å². The standard InChI is InChI=1S/C7H11N3O2/c1-7(2,3-6(11)12)10-5-8-4-9-10/h4-5H,3H2,1-2H3,(H,11,12). The van der Waals surface area contributed by atoms with Gasteiger partial charge in [0.15, 0.2) is 0 Å². The van der Waals surface area contributed by atoms with Gasteiger partial charge in [-0.2, -0.15) is 5.10 Å². The summed E-state index contributed by atoms with van der Waals surface area (Å²) < 4.78 is 1.54. The average molecular weight is 169 g/mol. The van der Waals surface area contributed by atoms with E-state index in [1.54, 1.807) is 18.5 Å². The monoisotopic (exact) mass is 169 g/mol. The van der Waals surface area contributed by atoms with Crippen molar-refractivity contribution in [2.24, 2.45) is 0 Å². The molecule has 0 saturated heterocycles. The van der Waals surface area contributed by atoms with Crippen LogP contribution < -0.4 is 0 Å². The Kier molecular flexibility index (Phi) is 2.12. The Bertz CT molecular complexity index is 266. The summed E-state index contributed by atoms with van der Waals surface area (Å²) in [6.45, 7) is 3.60. The van der Waals surface area contributed by atoms with Gasteiger partial charge in [-0.25, -0.2) is 9.67 Å². The summed E-state index contributed by atoms with van der Waals surface area (Å²) in [5, 5.41) is 12.5. The second kappa shape index (κ2) is 2.92. The Morgan fingerprint density at radius 3 is 2.75 bits per heavy atom. The smallest absolute Gasteiger partial charge is 0.305 e. The lowest BCUT2D eigenvalue weighted by Gasteiger charge is -2.21. The molecule has 0 aliphatic heterocycles. The highest BCUT2D eigenvalue weighted by Crippen LogP contribution is 2.16. The normalized spacial score (nSPS) is 11.5. The van der Waals surface area contributed by atoms with Crippen molar-refractivity contribution in [3.63, 3.8) is 0 Å². The Morgan fingerprint density at radius 2 is 2.33 bits per heavy atom. The summed E-state index contributed by atoms with van der Waals surface area (Å²) in [5.41, 5.74) is -0.512. The predicted octanol–water partition coefficient (Wildman–Crippen LogP) is 0.488. The molecule has 1 heterocycles. The quantitative estimate of drug-likeness (QED) is 0.714. The molecule has 0 bridgehead atoms. The van der Waals surface area contributed by atoms with Gasteiger partial charge >= 0.3 is 5.97 Å².